The molecule has 0 N–H and O–H groups in total. The van der Waals surface area contributed by atoms with Gasteiger partial charge in [0.15, 0.2) is 0 Å². The van der Waals surface area contributed by atoms with Gasteiger partial charge in [-0.15, -0.1) is 0 Å². The Kier molecular flexibility index (Phi) is 6.90. The van der Waals surface area contributed by atoms with Gasteiger partial charge in [-0.1, -0.05) is 158 Å². The quantitative estimate of drug-likeness (QED) is 0.168. The molecule has 0 saturated heterocycles. The summed E-state index contributed by atoms with van der Waals surface area (Å²) in [5, 5.41) is 12.1. The highest BCUT2D eigenvalue weighted by Crippen LogP contribution is 2.48. The molecule has 0 radical (unpaired) electrons. The van der Waals surface area contributed by atoms with E-state index in [1.54, 1.807) is 0 Å². The van der Waals surface area contributed by atoms with E-state index in [4.69, 9.17) is 4.42 Å². The van der Waals surface area contributed by atoms with Crippen LogP contribution in [0, 0.1) is 0 Å². The summed E-state index contributed by atoms with van der Waals surface area (Å²) in [6, 6.07) is 72.3. The van der Waals surface area contributed by atoms with Crippen molar-refractivity contribution < 1.29 is 4.42 Å². The summed E-state index contributed by atoms with van der Waals surface area (Å²) < 4.78 is 6.77. The van der Waals surface area contributed by atoms with Gasteiger partial charge in [-0.05, 0) is 96.9 Å². The van der Waals surface area contributed by atoms with E-state index in [2.05, 4.69) is 205 Å². The molecule has 1 heterocycles. The Hall–Kier alpha value is -7.16. The van der Waals surface area contributed by atoms with Gasteiger partial charge >= 0.3 is 0 Å². The Labute approximate surface area is 312 Å². The SMILES string of the molecule is c1ccc(-c2ccc(N(c3ccc(-c4ccc5ccc6ccccc6c5c4)cc3)c3cccc4ccc5ccccc5c34)c3c2oc2ccccc23)cc1. The molecule has 2 nitrogen and oxygen atoms in total. The number of hydrogen-bond acceptors (Lipinski definition) is 2. The highest BCUT2D eigenvalue weighted by Gasteiger charge is 2.24. The molecule has 11 rings (SSSR count). The summed E-state index contributed by atoms with van der Waals surface area (Å²) in [6.45, 7) is 0. The lowest BCUT2D eigenvalue weighted by molar-refractivity contribution is 0.670. The van der Waals surface area contributed by atoms with E-state index in [-0.39, 0.29) is 0 Å². The monoisotopic (exact) mass is 687 g/mol. The van der Waals surface area contributed by atoms with Crippen molar-refractivity contribution >= 4 is 82.1 Å². The number of hydrogen-bond donors (Lipinski definition) is 0. The van der Waals surface area contributed by atoms with Crippen LogP contribution in [0.25, 0.3) is 87.3 Å². The lowest BCUT2D eigenvalue weighted by Crippen LogP contribution is -2.11. The number of benzene rings is 10. The summed E-state index contributed by atoms with van der Waals surface area (Å²) in [4.78, 5) is 2.44. The van der Waals surface area contributed by atoms with Crippen LogP contribution in [0.3, 0.4) is 0 Å². The Morgan fingerprint density at radius 2 is 0.926 bits per heavy atom. The van der Waals surface area contributed by atoms with Gasteiger partial charge in [0.1, 0.15) is 11.2 Å². The summed E-state index contributed by atoms with van der Waals surface area (Å²) >= 11 is 0. The predicted octanol–water partition coefficient (Wildman–Crippen LogP) is 15.0. The number of nitrogens with zero attached hydrogens (tertiary/aromatic N) is 1. The van der Waals surface area contributed by atoms with E-state index in [1.807, 2.05) is 0 Å². The zero-order valence-corrected chi connectivity index (χ0v) is 29.4. The maximum absolute atomic E-state index is 6.77. The zero-order chi connectivity index (χ0) is 35.6. The molecular formula is C52H33NO. The first-order valence-corrected chi connectivity index (χ1v) is 18.5. The predicted molar refractivity (Wildman–Crippen MR) is 229 cm³/mol. The van der Waals surface area contributed by atoms with Crippen molar-refractivity contribution in [2.24, 2.45) is 0 Å². The van der Waals surface area contributed by atoms with Crippen molar-refractivity contribution in [1.82, 2.24) is 0 Å². The minimum Gasteiger partial charge on any atom is -0.455 e. The minimum absolute atomic E-state index is 0.875. The normalized spacial score (nSPS) is 11.7. The van der Waals surface area contributed by atoms with Crippen LogP contribution in [-0.2, 0) is 0 Å². The lowest BCUT2D eigenvalue weighted by Gasteiger charge is -2.28. The van der Waals surface area contributed by atoms with Gasteiger partial charge in [0.05, 0.1) is 16.8 Å². The summed E-state index contributed by atoms with van der Waals surface area (Å²) in [5.41, 5.74) is 9.60. The summed E-state index contributed by atoms with van der Waals surface area (Å²) in [5.74, 6) is 0. The Balaban J connectivity index is 1.17. The van der Waals surface area contributed by atoms with Crippen molar-refractivity contribution in [3.63, 3.8) is 0 Å². The molecule has 0 amide bonds. The van der Waals surface area contributed by atoms with Crippen molar-refractivity contribution in [2.45, 2.75) is 0 Å². The molecule has 2 heteroatoms. The van der Waals surface area contributed by atoms with Crippen LogP contribution in [0.2, 0.25) is 0 Å². The third-order valence-electron chi connectivity index (χ3n) is 11.0. The molecule has 0 bridgehead atoms. The van der Waals surface area contributed by atoms with Gasteiger partial charge in [-0.25, -0.2) is 0 Å². The number of para-hydroxylation sites is 1. The summed E-state index contributed by atoms with van der Waals surface area (Å²) in [7, 11) is 0. The largest absolute Gasteiger partial charge is 0.455 e. The Morgan fingerprint density at radius 1 is 0.333 bits per heavy atom. The van der Waals surface area contributed by atoms with E-state index in [1.165, 1.54) is 54.2 Å². The molecular weight excluding hydrogens is 655 g/mol. The molecule has 0 spiro atoms. The maximum Gasteiger partial charge on any atom is 0.145 e. The summed E-state index contributed by atoms with van der Waals surface area (Å²) in [6.07, 6.45) is 0. The van der Waals surface area contributed by atoms with Crippen molar-refractivity contribution in [3.05, 3.63) is 200 Å². The zero-order valence-electron chi connectivity index (χ0n) is 29.4. The van der Waals surface area contributed by atoms with Crippen LogP contribution >= 0.6 is 0 Å². The average molecular weight is 688 g/mol. The number of furan rings is 1. The molecule has 0 aliphatic rings. The first kappa shape index (κ1) is 30.5. The van der Waals surface area contributed by atoms with Crippen LogP contribution < -0.4 is 4.90 Å². The van der Waals surface area contributed by atoms with Gasteiger partial charge in [0.2, 0.25) is 0 Å². The van der Waals surface area contributed by atoms with Crippen LogP contribution in [0.1, 0.15) is 0 Å². The molecule has 252 valence electrons. The van der Waals surface area contributed by atoms with Crippen LogP contribution in [0.5, 0.6) is 0 Å². The molecule has 54 heavy (non-hydrogen) atoms. The number of anilines is 3. The van der Waals surface area contributed by atoms with E-state index in [0.29, 0.717) is 0 Å². The van der Waals surface area contributed by atoms with Crippen molar-refractivity contribution in [3.8, 4) is 22.3 Å². The minimum atomic E-state index is 0.875. The third-order valence-corrected chi connectivity index (χ3v) is 11.0. The van der Waals surface area contributed by atoms with E-state index >= 15 is 0 Å². The lowest BCUT2D eigenvalue weighted by atomic mass is 9.96. The molecule has 0 aliphatic carbocycles. The maximum atomic E-state index is 6.77. The van der Waals surface area contributed by atoms with Gasteiger partial charge in [-0.3, -0.25) is 0 Å². The smallest absolute Gasteiger partial charge is 0.145 e. The standard InChI is InChI=1S/C52H33NO/c1-2-11-35(12-3-1)44-31-32-48(51-45-18-8-9-20-49(45)54-52(44)51)53(47-19-10-15-39-25-23-37-14-5-7-17-43(37)50(39)47)41-29-27-34(28-30-41)40-26-24-38-22-21-36-13-4-6-16-42(36)46(38)33-40/h1-33H. The fourth-order valence-electron chi connectivity index (χ4n) is 8.46. The molecule has 1 aromatic heterocycles. The van der Waals surface area contributed by atoms with Crippen LogP contribution in [-0.4, -0.2) is 0 Å². The number of fused-ring (bicyclic) bond motifs is 9. The Morgan fingerprint density at radius 3 is 1.74 bits per heavy atom. The second kappa shape index (κ2) is 12.2. The molecule has 10 aromatic carbocycles. The van der Waals surface area contributed by atoms with Crippen molar-refractivity contribution in [1.29, 1.82) is 0 Å². The number of rotatable bonds is 5. The van der Waals surface area contributed by atoms with Crippen molar-refractivity contribution in [2.75, 3.05) is 4.90 Å². The topological polar surface area (TPSA) is 16.4 Å². The Bertz CT molecular complexity index is 3210. The fraction of sp³-hybridized carbons (Fsp3) is 0. The average Bonchev–Trinajstić information content (AvgIpc) is 3.64. The van der Waals surface area contributed by atoms with Crippen LogP contribution in [0.15, 0.2) is 205 Å². The van der Waals surface area contributed by atoms with Gasteiger partial charge < -0.3 is 9.32 Å². The first-order valence-electron chi connectivity index (χ1n) is 18.5. The highest BCUT2D eigenvalue weighted by molar-refractivity contribution is 6.20. The van der Waals surface area contributed by atoms with Crippen LogP contribution in [0.4, 0.5) is 17.1 Å². The van der Waals surface area contributed by atoms with Gasteiger partial charge in [0.25, 0.3) is 0 Å². The molecule has 0 unspecified atom stereocenters. The fourth-order valence-corrected chi connectivity index (χ4v) is 8.46. The van der Waals surface area contributed by atoms with E-state index in [0.717, 1.165) is 50.1 Å². The van der Waals surface area contributed by atoms with Gasteiger partial charge in [0, 0.05) is 22.0 Å². The molecule has 0 atom stereocenters. The molecule has 0 fully saturated rings. The molecule has 0 aliphatic heterocycles. The highest BCUT2D eigenvalue weighted by atomic mass is 16.3. The van der Waals surface area contributed by atoms with E-state index in [9.17, 15) is 0 Å². The van der Waals surface area contributed by atoms with E-state index < -0.39 is 0 Å². The molecule has 11 aromatic rings. The molecule has 0 saturated carbocycles. The second-order valence-corrected chi connectivity index (χ2v) is 14.1. The third kappa shape index (κ3) is 4.81. The van der Waals surface area contributed by atoms with Gasteiger partial charge in [-0.2, -0.15) is 0 Å². The second-order valence-electron chi connectivity index (χ2n) is 14.1. The first-order chi connectivity index (χ1) is 26.8.